The molecule has 2 aromatic carbocycles. The van der Waals surface area contributed by atoms with E-state index in [1.807, 2.05) is 58.8 Å². The minimum atomic E-state index is 0.133. The summed E-state index contributed by atoms with van der Waals surface area (Å²) in [4.78, 5) is 17.0. The van der Waals surface area contributed by atoms with Crippen LogP contribution in [0.3, 0.4) is 0 Å². The van der Waals surface area contributed by atoms with Gasteiger partial charge in [0.1, 0.15) is 0 Å². The molecular weight excluding hydrogens is 384 g/mol. The molecule has 2 aliphatic heterocycles. The molecule has 0 atom stereocenters. The summed E-state index contributed by atoms with van der Waals surface area (Å²) in [5.74, 6) is 2.56. The number of rotatable bonds is 3. The first-order valence-corrected chi connectivity index (χ1v) is 11.3. The predicted molar refractivity (Wildman–Crippen MR) is 114 cm³/mol. The molecule has 2 heterocycles. The maximum Gasteiger partial charge on any atom is 0.253 e. The second kappa shape index (κ2) is 8.15. The van der Waals surface area contributed by atoms with Crippen LogP contribution in [0.25, 0.3) is 0 Å². The number of halogens is 1. The van der Waals surface area contributed by atoms with Gasteiger partial charge in [0.25, 0.3) is 5.91 Å². The first kappa shape index (κ1) is 18.1. The highest BCUT2D eigenvalue weighted by atomic mass is 35.5. The number of piperazine rings is 1. The Bertz CT molecular complexity index is 770. The van der Waals surface area contributed by atoms with E-state index in [1.165, 1.54) is 17.1 Å². The second-order valence-electron chi connectivity index (χ2n) is 6.45. The van der Waals surface area contributed by atoms with Gasteiger partial charge < -0.3 is 9.80 Å². The summed E-state index contributed by atoms with van der Waals surface area (Å²) in [5, 5.41) is 0.750. The molecule has 0 unspecified atom stereocenters. The fourth-order valence-electron chi connectivity index (χ4n) is 3.36. The fraction of sp³-hybridized carbons (Fsp3) is 0.350. The van der Waals surface area contributed by atoms with Gasteiger partial charge in [-0.05, 0) is 35.9 Å². The summed E-state index contributed by atoms with van der Waals surface area (Å²) in [5.41, 5.74) is 3.23. The van der Waals surface area contributed by atoms with Crippen LogP contribution >= 0.6 is 35.1 Å². The Morgan fingerprint density at radius 3 is 2.31 bits per heavy atom. The molecule has 0 saturated carbocycles. The Kier molecular flexibility index (Phi) is 5.67. The molecule has 3 nitrogen and oxygen atoms in total. The van der Waals surface area contributed by atoms with Gasteiger partial charge in [-0.1, -0.05) is 29.8 Å². The summed E-state index contributed by atoms with van der Waals surface area (Å²) >= 11 is 10.1. The van der Waals surface area contributed by atoms with Crippen molar-refractivity contribution in [1.29, 1.82) is 0 Å². The molecule has 0 radical (unpaired) electrons. The van der Waals surface area contributed by atoms with Crippen molar-refractivity contribution < 1.29 is 4.79 Å². The van der Waals surface area contributed by atoms with Crippen LogP contribution in [0.15, 0.2) is 48.5 Å². The Morgan fingerprint density at radius 1 is 0.962 bits per heavy atom. The van der Waals surface area contributed by atoms with Gasteiger partial charge in [0, 0.05) is 54.0 Å². The van der Waals surface area contributed by atoms with Crippen LogP contribution in [-0.2, 0) is 0 Å². The van der Waals surface area contributed by atoms with E-state index >= 15 is 0 Å². The van der Waals surface area contributed by atoms with Crippen LogP contribution in [-0.4, -0.2) is 48.5 Å². The van der Waals surface area contributed by atoms with Crippen molar-refractivity contribution in [2.75, 3.05) is 42.6 Å². The Balaban J connectivity index is 1.37. The molecule has 136 valence electrons. The van der Waals surface area contributed by atoms with Crippen molar-refractivity contribution in [1.82, 2.24) is 4.90 Å². The molecule has 1 amide bonds. The lowest BCUT2D eigenvalue weighted by Crippen LogP contribution is -2.48. The number of hydrogen-bond acceptors (Lipinski definition) is 4. The van der Waals surface area contributed by atoms with E-state index in [9.17, 15) is 4.79 Å². The Hall–Kier alpha value is -1.30. The molecule has 6 heteroatoms. The summed E-state index contributed by atoms with van der Waals surface area (Å²) < 4.78 is 0.528. The highest BCUT2D eigenvalue weighted by Gasteiger charge is 2.23. The Labute approximate surface area is 168 Å². The van der Waals surface area contributed by atoms with Crippen LogP contribution < -0.4 is 4.90 Å². The minimum Gasteiger partial charge on any atom is -0.368 e. The van der Waals surface area contributed by atoms with Crippen molar-refractivity contribution in [3.05, 3.63) is 64.7 Å². The normalized spacial score (nSPS) is 18.3. The minimum absolute atomic E-state index is 0.133. The molecule has 2 aromatic rings. The first-order chi connectivity index (χ1) is 12.7. The number of amides is 1. The van der Waals surface area contributed by atoms with E-state index in [1.54, 1.807) is 0 Å². The highest BCUT2D eigenvalue weighted by Crippen LogP contribution is 2.45. The molecule has 26 heavy (non-hydrogen) atoms. The lowest BCUT2D eigenvalue weighted by molar-refractivity contribution is 0.0747. The van der Waals surface area contributed by atoms with Crippen molar-refractivity contribution in [3.63, 3.8) is 0 Å². The maximum absolute atomic E-state index is 12.8. The summed E-state index contributed by atoms with van der Waals surface area (Å²) in [6.07, 6.45) is 0. The lowest BCUT2D eigenvalue weighted by Gasteiger charge is -2.36. The van der Waals surface area contributed by atoms with Gasteiger partial charge in [-0.25, -0.2) is 0 Å². The van der Waals surface area contributed by atoms with Gasteiger partial charge in [-0.2, -0.15) is 0 Å². The van der Waals surface area contributed by atoms with Crippen LogP contribution in [0.5, 0.6) is 0 Å². The average molecular weight is 405 g/mol. The van der Waals surface area contributed by atoms with Gasteiger partial charge in [0.15, 0.2) is 0 Å². The number of hydrogen-bond donors (Lipinski definition) is 0. The number of anilines is 1. The fourth-order valence-corrected chi connectivity index (χ4v) is 6.40. The highest BCUT2D eigenvalue weighted by molar-refractivity contribution is 8.19. The standard InChI is InChI=1S/C20H21ClN2OS2/c21-17-2-1-3-18(14-17)22-8-10-23(11-9-22)19(24)15-4-6-16(7-5-15)20-25-12-13-26-20/h1-7,14,20H,8-13H2. The molecule has 0 aromatic heterocycles. The molecule has 0 aliphatic carbocycles. The largest absolute Gasteiger partial charge is 0.368 e. The van der Waals surface area contributed by atoms with Crippen molar-refractivity contribution in [3.8, 4) is 0 Å². The van der Waals surface area contributed by atoms with Crippen LogP contribution in [0, 0.1) is 0 Å². The third kappa shape index (κ3) is 4.00. The zero-order valence-corrected chi connectivity index (χ0v) is 16.8. The average Bonchev–Trinajstić information content (AvgIpc) is 3.23. The van der Waals surface area contributed by atoms with Crippen molar-refractivity contribution >= 4 is 46.7 Å². The number of carbonyl (C=O) groups is 1. The van der Waals surface area contributed by atoms with Gasteiger partial charge in [-0.15, -0.1) is 23.5 Å². The SMILES string of the molecule is O=C(c1ccc(C2SCCS2)cc1)N1CCN(c2cccc(Cl)c2)CC1. The molecule has 0 bridgehead atoms. The molecule has 0 spiro atoms. The summed E-state index contributed by atoms with van der Waals surface area (Å²) in [6.45, 7) is 3.14. The molecule has 2 fully saturated rings. The quantitative estimate of drug-likeness (QED) is 0.734. The smallest absolute Gasteiger partial charge is 0.253 e. The monoisotopic (exact) mass is 404 g/mol. The van der Waals surface area contributed by atoms with E-state index in [0.29, 0.717) is 4.58 Å². The number of thioether (sulfide) groups is 2. The number of nitrogens with zero attached hydrogens (tertiary/aromatic N) is 2. The van der Waals surface area contributed by atoms with Crippen LogP contribution in [0.4, 0.5) is 5.69 Å². The van der Waals surface area contributed by atoms with Gasteiger partial charge >= 0.3 is 0 Å². The van der Waals surface area contributed by atoms with E-state index in [0.717, 1.165) is 42.5 Å². The maximum atomic E-state index is 12.8. The van der Waals surface area contributed by atoms with E-state index in [2.05, 4.69) is 23.1 Å². The third-order valence-electron chi connectivity index (χ3n) is 4.79. The van der Waals surface area contributed by atoms with Crippen molar-refractivity contribution in [2.24, 2.45) is 0 Å². The second-order valence-corrected chi connectivity index (χ2v) is 9.62. The lowest BCUT2D eigenvalue weighted by atomic mass is 10.1. The van der Waals surface area contributed by atoms with Gasteiger partial charge in [0.05, 0.1) is 4.58 Å². The predicted octanol–water partition coefficient (Wildman–Crippen LogP) is 4.78. The van der Waals surface area contributed by atoms with Crippen LogP contribution in [0.1, 0.15) is 20.5 Å². The molecule has 2 aliphatic rings. The van der Waals surface area contributed by atoms with Crippen LogP contribution in [0.2, 0.25) is 5.02 Å². The number of carbonyl (C=O) groups excluding carboxylic acids is 1. The van der Waals surface area contributed by atoms with E-state index in [-0.39, 0.29) is 5.91 Å². The molecular formula is C20H21ClN2OS2. The molecule has 2 saturated heterocycles. The van der Waals surface area contributed by atoms with E-state index in [4.69, 9.17) is 11.6 Å². The number of benzene rings is 2. The summed E-state index contributed by atoms with van der Waals surface area (Å²) in [7, 11) is 0. The first-order valence-electron chi connectivity index (χ1n) is 8.84. The van der Waals surface area contributed by atoms with Gasteiger partial charge in [-0.3, -0.25) is 4.79 Å². The van der Waals surface area contributed by atoms with Crippen molar-refractivity contribution in [2.45, 2.75) is 4.58 Å². The van der Waals surface area contributed by atoms with E-state index < -0.39 is 0 Å². The topological polar surface area (TPSA) is 23.6 Å². The zero-order valence-electron chi connectivity index (χ0n) is 14.4. The summed E-state index contributed by atoms with van der Waals surface area (Å²) in [6, 6.07) is 16.1. The van der Waals surface area contributed by atoms with Gasteiger partial charge in [0.2, 0.25) is 0 Å². The Morgan fingerprint density at radius 2 is 1.65 bits per heavy atom. The molecule has 0 N–H and O–H groups in total. The zero-order chi connectivity index (χ0) is 17.9. The third-order valence-corrected chi connectivity index (χ3v) is 8.13. The molecule has 4 rings (SSSR count).